The van der Waals surface area contributed by atoms with Gasteiger partial charge < -0.3 is 0 Å². The molecule has 0 heteroatoms. The van der Waals surface area contributed by atoms with Crippen molar-refractivity contribution in [3.8, 4) is 100 Å². The van der Waals surface area contributed by atoms with Crippen molar-refractivity contribution in [2.24, 2.45) is 0 Å². The monoisotopic (exact) mass is 842 g/mol. The van der Waals surface area contributed by atoms with E-state index in [9.17, 15) is 0 Å². The summed E-state index contributed by atoms with van der Waals surface area (Å²) in [7, 11) is 0. The SMILES string of the molecule is CC1(C)c2cc(-c3ccc4c(c3)C(C)(C)c3cc(-c5c(-c6ccccc6)cccc5-c5ccccc5)ccc3-4)ccc2-c2ccc(-c3c(-c4ccccc4)cccc3-c3ccccc3)cc21. The summed E-state index contributed by atoms with van der Waals surface area (Å²) in [6.45, 7) is 9.63. The minimum absolute atomic E-state index is 0.192. The average molecular weight is 843 g/mol. The van der Waals surface area contributed by atoms with Crippen molar-refractivity contribution in [1.82, 2.24) is 0 Å². The summed E-state index contributed by atoms with van der Waals surface area (Å²) in [5, 5.41) is 0. The van der Waals surface area contributed by atoms with Gasteiger partial charge in [-0.3, -0.25) is 0 Å². The molecule has 0 heterocycles. The van der Waals surface area contributed by atoms with Gasteiger partial charge in [0, 0.05) is 10.8 Å². The highest BCUT2D eigenvalue weighted by molar-refractivity contribution is 5.98. The van der Waals surface area contributed by atoms with E-state index in [0.717, 1.165) is 0 Å². The van der Waals surface area contributed by atoms with Crippen LogP contribution < -0.4 is 0 Å². The molecule has 0 nitrogen and oxygen atoms in total. The van der Waals surface area contributed by atoms with Crippen molar-refractivity contribution >= 4 is 0 Å². The molecule has 0 fully saturated rings. The molecular weight excluding hydrogens is 793 g/mol. The second-order valence-corrected chi connectivity index (χ2v) is 19.2. The lowest BCUT2D eigenvalue weighted by Crippen LogP contribution is -2.15. The first-order valence-corrected chi connectivity index (χ1v) is 23.3. The Morgan fingerprint density at radius 2 is 0.439 bits per heavy atom. The molecule has 12 rings (SSSR count). The van der Waals surface area contributed by atoms with E-state index in [-0.39, 0.29) is 10.8 Å². The third kappa shape index (κ3) is 6.35. The highest BCUT2D eigenvalue weighted by atomic mass is 14.4. The molecule has 0 spiro atoms. The second kappa shape index (κ2) is 15.4. The summed E-state index contributed by atoms with van der Waals surface area (Å²) < 4.78 is 0. The lowest BCUT2D eigenvalue weighted by atomic mass is 9.79. The molecule has 66 heavy (non-hydrogen) atoms. The van der Waals surface area contributed by atoms with Crippen LogP contribution in [0.25, 0.3) is 100 Å². The molecule has 2 aliphatic carbocycles. The average Bonchev–Trinajstić information content (AvgIpc) is 3.74. The fourth-order valence-corrected chi connectivity index (χ4v) is 11.3. The summed E-state index contributed by atoms with van der Waals surface area (Å²) in [5.41, 5.74) is 27.9. The predicted octanol–water partition coefficient (Wildman–Crippen LogP) is 18.0. The molecule has 0 unspecified atom stereocenters. The Labute approximate surface area is 389 Å². The summed E-state index contributed by atoms with van der Waals surface area (Å²) in [6.07, 6.45) is 0. The van der Waals surface area contributed by atoms with Crippen molar-refractivity contribution in [2.45, 2.75) is 38.5 Å². The number of benzene rings is 10. The molecular formula is C66H50. The summed E-state index contributed by atoms with van der Waals surface area (Å²) in [6, 6.07) is 85.6. The molecule has 0 bridgehead atoms. The van der Waals surface area contributed by atoms with E-state index in [1.807, 2.05) is 0 Å². The van der Waals surface area contributed by atoms with Crippen molar-refractivity contribution in [3.63, 3.8) is 0 Å². The third-order valence-corrected chi connectivity index (χ3v) is 14.7. The van der Waals surface area contributed by atoms with Crippen LogP contribution in [0.3, 0.4) is 0 Å². The minimum Gasteiger partial charge on any atom is -0.0622 e. The van der Waals surface area contributed by atoms with E-state index < -0.39 is 0 Å². The number of rotatable bonds is 7. The molecule has 2 aliphatic rings. The Kier molecular flexibility index (Phi) is 9.30. The fraction of sp³-hybridized carbons (Fsp3) is 0.0909. The fourth-order valence-electron chi connectivity index (χ4n) is 11.3. The van der Waals surface area contributed by atoms with Crippen LogP contribution in [0.1, 0.15) is 49.9 Å². The summed E-state index contributed by atoms with van der Waals surface area (Å²) >= 11 is 0. The molecule has 0 aromatic heterocycles. The lowest BCUT2D eigenvalue weighted by Gasteiger charge is -2.24. The molecule has 10 aromatic carbocycles. The quantitative estimate of drug-likeness (QED) is 0.150. The van der Waals surface area contributed by atoms with Gasteiger partial charge in [-0.15, -0.1) is 0 Å². The van der Waals surface area contributed by atoms with Gasteiger partial charge in [0.2, 0.25) is 0 Å². The van der Waals surface area contributed by atoms with Crippen molar-refractivity contribution in [1.29, 1.82) is 0 Å². The maximum absolute atomic E-state index is 2.48. The first-order chi connectivity index (χ1) is 32.3. The molecule has 10 aromatic rings. The minimum atomic E-state index is -0.192. The number of hydrogen-bond acceptors (Lipinski definition) is 0. The van der Waals surface area contributed by atoms with E-state index in [4.69, 9.17) is 0 Å². The van der Waals surface area contributed by atoms with Gasteiger partial charge in [-0.25, -0.2) is 0 Å². The van der Waals surface area contributed by atoms with Crippen LogP contribution in [0.2, 0.25) is 0 Å². The lowest BCUT2D eigenvalue weighted by molar-refractivity contribution is 0.660. The van der Waals surface area contributed by atoms with E-state index in [1.165, 1.54) is 122 Å². The zero-order valence-electron chi connectivity index (χ0n) is 37.9. The van der Waals surface area contributed by atoms with E-state index in [1.54, 1.807) is 0 Å². The molecule has 0 N–H and O–H groups in total. The van der Waals surface area contributed by atoms with Gasteiger partial charge in [0.25, 0.3) is 0 Å². The normalized spacial score (nSPS) is 13.7. The van der Waals surface area contributed by atoms with Crippen LogP contribution in [0, 0.1) is 0 Å². The Bertz CT molecular complexity index is 3130. The molecule has 0 atom stereocenters. The van der Waals surface area contributed by atoms with Crippen LogP contribution in [-0.4, -0.2) is 0 Å². The highest BCUT2D eigenvalue weighted by Gasteiger charge is 2.38. The maximum atomic E-state index is 2.48. The first-order valence-electron chi connectivity index (χ1n) is 23.3. The maximum Gasteiger partial charge on any atom is 0.0159 e. The number of fused-ring (bicyclic) bond motifs is 6. The number of hydrogen-bond donors (Lipinski definition) is 0. The van der Waals surface area contributed by atoms with Crippen LogP contribution in [0.5, 0.6) is 0 Å². The zero-order valence-corrected chi connectivity index (χ0v) is 37.9. The van der Waals surface area contributed by atoms with Gasteiger partial charge in [-0.1, -0.05) is 234 Å². The van der Waals surface area contributed by atoms with Gasteiger partial charge >= 0.3 is 0 Å². The molecule has 0 saturated heterocycles. The van der Waals surface area contributed by atoms with Gasteiger partial charge in [0.15, 0.2) is 0 Å². The van der Waals surface area contributed by atoms with Crippen LogP contribution in [0.15, 0.2) is 231 Å². The van der Waals surface area contributed by atoms with E-state index in [0.29, 0.717) is 0 Å². The van der Waals surface area contributed by atoms with Crippen molar-refractivity contribution in [3.05, 3.63) is 253 Å². The molecule has 0 aliphatic heterocycles. The summed E-state index contributed by atoms with van der Waals surface area (Å²) in [4.78, 5) is 0. The highest BCUT2D eigenvalue weighted by Crippen LogP contribution is 2.54. The van der Waals surface area contributed by atoms with Gasteiger partial charge in [-0.2, -0.15) is 0 Å². The Morgan fingerprint density at radius 1 is 0.197 bits per heavy atom. The molecule has 314 valence electrons. The zero-order chi connectivity index (χ0) is 44.6. The van der Waals surface area contributed by atoms with E-state index in [2.05, 4.69) is 258 Å². The van der Waals surface area contributed by atoms with Crippen molar-refractivity contribution in [2.75, 3.05) is 0 Å². The predicted molar refractivity (Wildman–Crippen MR) is 280 cm³/mol. The Morgan fingerprint density at radius 3 is 0.712 bits per heavy atom. The standard InChI is InChI=1S/C66H50/c1-65(2)59-39-47(31-35-55(59)57-37-33-49(41-61(57)65)63-51(43-19-9-5-10-20-43)27-17-28-52(63)44-21-11-6-12-22-44)48-32-36-56-58-38-34-50(42-62(58)66(3,4)60(56)40-48)64-53(45-23-13-7-14-24-45)29-18-30-54(64)46-25-15-8-16-26-46/h5-42H,1-4H3. The van der Waals surface area contributed by atoms with Gasteiger partial charge in [0.1, 0.15) is 0 Å². The smallest absolute Gasteiger partial charge is 0.0159 e. The Hall–Kier alpha value is -7.80. The van der Waals surface area contributed by atoms with Crippen LogP contribution >= 0.6 is 0 Å². The molecule has 0 saturated carbocycles. The molecule has 0 amide bonds. The first kappa shape index (κ1) is 39.8. The van der Waals surface area contributed by atoms with Gasteiger partial charge in [-0.05, 0) is 147 Å². The van der Waals surface area contributed by atoms with E-state index >= 15 is 0 Å². The van der Waals surface area contributed by atoms with Crippen LogP contribution in [-0.2, 0) is 10.8 Å². The van der Waals surface area contributed by atoms with Crippen LogP contribution in [0.4, 0.5) is 0 Å². The third-order valence-electron chi connectivity index (χ3n) is 14.7. The largest absolute Gasteiger partial charge is 0.0622 e. The topological polar surface area (TPSA) is 0 Å². The second-order valence-electron chi connectivity index (χ2n) is 19.2. The van der Waals surface area contributed by atoms with Gasteiger partial charge in [0.05, 0.1) is 0 Å². The molecule has 0 radical (unpaired) electrons. The van der Waals surface area contributed by atoms with Crippen molar-refractivity contribution < 1.29 is 0 Å². The summed E-state index contributed by atoms with van der Waals surface area (Å²) in [5.74, 6) is 0. The Balaban J connectivity index is 0.917.